The molecule has 0 aliphatic carbocycles. The quantitative estimate of drug-likeness (QED) is 0.178. The molecule has 53 heavy (non-hydrogen) atoms. The first-order valence-electron chi connectivity index (χ1n) is 18.0. The van der Waals surface area contributed by atoms with Gasteiger partial charge >= 0.3 is 0 Å². The first-order valence-corrected chi connectivity index (χ1v) is 18.8. The zero-order valence-electron chi connectivity index (χ0n) is 28.7. The Morgan fingerprint density at radius 3 is 1.96 bits per heavy atom. The van der Waals surface area contributed by atoms with Crippen molar-refractivity contribution < 1.29 is 4.42 Å². The molecule has 2 nitrogen and oxygen atoms in total. The lowest BCUT2D eigenvalue weighted by Gasteiger charge is -2.29. The minimum atomic E-state index is 0.885. The smallest absolute Gasteiger partial charge is 0.135 e. The average molecular weight is 694 g/mol. The topological polar surface area (TPSA) is 16.4 Å². The lowest BCUT2D eigenvalue weighted by atomic mass is 9.90. The van der Waals surface area contributed by atoms with Gasteiger partial charge in [-0.25, -0.2) is 0 Å². The highest BCUT2D eigenvalue weighted by Gasteiger charge is 2.23. The fourth-order valence-electron chi connectivity index (χ4n) is 8.31. The Labute approximate surface area is 310 Å². The van der Waals surface area contributed by atoms with Crippen molar-refractivity contribution >= 4 is 92.1 Å². The van der Waals surface area contributed by atoms with Crippen LogP contribution in [0.5, 0.6) is 0 Å². The lowest BCUT2D eigenvalue weighted by molar-refractivity contribution is 0.669. The molecule has 0 saturated heterocycles. The molecule has 0 radical (unpaired) electrons. The van der Waals surface area contributed by atoms with E-state index in [1.165, 1.54) is 64.0 Å². The van der Waals surface area contributed by atoms with E-state index in [1.54, 1.807) is 0 Å². The maximum atomic E-state index is 6.33. The predicted molar refractivity (Wildman–Crippen MR) is 227 cm³/mol. The molecule has 0 bridgehead atoms. The molecule has 0 N–H and O–H groups in total. The molecular formula is C50H31NOS. The van der Waals surface area contributed by atoms with E-state index < -0.39 is 0 Å². The van der Waals surface area contributed by atoms with Crippen LogP contribution in [-0.4, -0.2) is 0 Å². The molecule has 0 fully saturated rings. The van der Waals surface area contributed by atoms with Gasteiger partial charge in [-0.3, -0.25) is 0 Å². The number of hydrogen-bond donors (Lipinski definition) is 0. The first kappa shape index (κ1) is 30.0. The van der Waals surface area contributed by atoms with Crippen LogP contribution in [0, 0.1) is 0 Å². The summed E-state index contributed by atoms with van der Waals surface area (Å²) in [4.78, 5) is 2.47. The number of rotatable bonds is 5. The number of hydrogen-bond acceptors (Lipinski definition) is 3. The first-order chi connectivity index (χ1) is 26.3. The predicted octanol–water partition coefficient (Wildman–Crippen LogP) is 15.1. The number of anilines is 3. The molecular weight excluding hydrogens is 663 g/mol. The second kappa shape index (κ2) is 11.9. The van der Waals surface area contributed by atoms with Gasteiger partial charge in [0.05, 0.1) is 16.1 Å². The Bertz CT molecular complexity index is 3180. The molecule has 0 unspecified atom stereocenters. The second-order valence-corrected chi connectivity index (χ2v) is 14.7. The average Bonchev–Trinajstić information content (AvgIpc) is 3.80. The molecule has 2 heterocycles. The molecule has 0 spiro atoms. The van der Waals surface area contributed by atoms with Crippen LogP contribution in [0.4, 0.5) is 17.1 Å². The highest BCUT2D eigenvalue weighted by molar-refractivity contribution is 7.26. The summed E-state index contributed by atoms with van der Waals surface area (Å²) in [5.41, 5.74) is 9.93. The minimum Gasteiger partial charge on any atom is -0.456 e. The number of para-hydroxylation sites is 2. The van der Waals surface area contributed by atoms with E-state index in [9.17, 15) is 0 Å². The van der Waals surface area contributed by atoms with Crippen molar-refractivity contribution in [3.63, 3.8) is 0 Å². The van der Waals surface area contributed by atoms with Crippen molar-refractivity contribution in [2.45, 2.75) is 0 Å². The number of nitrogens with zero attached hydrogens (tertiary/aromatic N) is 1. The molecule has 0 saturated carbocycles. The highest BCUT2D eigenvalue weighted by atomic mass is 32.1. The van der Waals surface area contributed by atoms with E-state index in [-0.39, 0.29) is 0 Å². The SMILES string of the molecule is c1ccc(-c2cccc3cccc(-c4ccccc4N(c4ccc5oc6ccccc6c5c4)c4cccc5c4sc4ccc6ccccc6c45)c23)cc1. The summed E-state index contributed by atoms with van der Waals surface area (Å²) in [6.07, 6.45) is 0. The van der Waals surface area contributed by atoms with Crippen LogP contribution in [0.25, 0.3) is 85.9 Å². The van der Waals surface area contributed by atoms with E-state index in [0.717, 1.165) is 39.0 Å². The fourth-order valence-corrected chi connectivity index (χ4v) is 9.53. The second-order valence-electron chi connectivity index (χ2n) is 13.6. The van der Waals surface area contributed by atoms with Gasteiger partial charge in [-0.15, -0.1) is 11.3 Å². The number of thiophene rings is 1. The van der Waals surface area contributed by atoms with Gasteiger partial charge in [-0.2, -0.15) is 0 Å². The van der Waals surface area contributed by atoms with Gasteiger partial charge in [-0.1, -0.05) is 146 Å². The maximum Gasteiger partial charge on any atom is 0.135 e. The monoisotopic (exact) mass is 693 g/mol. The van der Waals surface area contributed by atoms with E-state index >= 15 is 0 Å². The van der Waals surface area contributed by atoms with E-state index in [4.69, 9.17) is 4.42 Å². The zero-order valence-corrected chi connectivity index (χ0v) is 29.5. The summed E-state index contributed by atoms with van der Waals surface area (Å²) in [5.74, 6) is 0. The Hall–Kier alpha value is -6.68. The van der Waals surface area contributed by atoms with Crippen LogP contribution in [-0.2, 0) is 0 Å². The van der Waals surface area contributed by atoms with Crippen LogP contribution in [0.1, 0.15) is 0 Å². The van der Waals surface area contributed by atoms with Crippen molar-refractivity contribution in [1.82, 2.24) is 0 Å². The van der Waals surface area contributed by atoms with Gasteiger partial charge < -0.3 is 9.32 Å². The Balaban J connectivity index is 1.23. The van der Waals surface area contributed by atoms with Gasteiger partial charge in [0.1, 0.15) is 11.2 Å². The van der Waals surface area contributed by atoms with Gasteiger partial charge in [-0.05, 0) is 80.7 Å². The number of benzene rings is 9. The van der Waals surface area contributed by atoms with Crippen LogP contribution < -0.4 is 4.90 Å². The number of furan rings is 1. The van der Waals surface area contributed by atoms with E-state index in [0.29, 0.717) is 0 Å². The molecule has 248 valence electrons. The molecule has 0 amide bonds. The molecule has 0 aliphatic rings. The zero-order chi connectivity index (χ0) is 34.9. The summed E-state index contributed by atoms with van der Waals surface area (Å²) >= 11 is 1.87. The Morgan fingerprint density at radius 1 is 0.396 bits per heavy atom. The number of fused-ring (bicyclic) bond motifs is 9. The van der Waals surface area contributed by atoms with Crippen molar-refractivity contribution in [3.8, 4) is 22.3 Å². The highest BCUT2D eigenvalue weighted by Crippen LogP contribution is 2.50. The van der Waals surface area contributed by atoms with Crippen LogP contribution in [0.2, 0.25) is 0 Å². The molecule has 0 atom stereocenters. The molecule has 11 rings (SSSR count). The Kier molecular flexibility index (Phi) is 6.76. The summed E-state index contributed by atoms with van der Waals surface area (Å²) in [5, 5.41) is 9.82. The third-order valence-electron chi connectivity index (χ3n) is 10.7. The van der Waals surface area contributed by atoms with Crippen LogP contribution in [0.3, 0.4) is 0 Å². The summed E-state index contributed by atoms with van der Waals surface area (Å²) in [6, 6.07) is 68.0. The molecule has 2 aromatic heterocycles. The van der Waals surface area contributed by atoms with Gasteiger partial charge in [0.25, 0.3) is 0 Å². The normalized spacial score (nSPS) is 11.8. The fraction of sp³-hybridized carbons (Fsp3) is 0. The van der Waals surface area contributed by atoms with Gasteiger partial charge in [0.2, 0.25) is 0 Å². The third kappa shape index (κ3) is 4.71. The van der Waals surface area contributed by atoms with E-state index in [2.05, 4.69) is 187 Å². The van der Waals surface area contributed by atoms with Crippen molar-refractivity contribution in [3.05, 3.63) is 188 Å². The Morgan fingerprint density at radius 2 is 1.06 bits per heavy atom. The largest absolute Gasteiger partial charge is 0.456 e. The summed E-state index contributed by atoms with van der Waals surface area (Å²) in [7, 11) is 0. The maximum absolute atomic E-state index is 6.33. The van der Waals surface area contributed by atoms with Gasteiger partial charge in [0.15, 0.2) is 0 Å². The summed E-state index contributed by atoms with van der Waals surface area (Å²) in [6.45, 7) is 0. The molecule has 9 aromatic carbocycles. The van der Waals surface area contributed by atoms with Crippen molar-refractivity contribution in [1.29, 1.82) is 0 Å². The molecule has 0 aliphatic heterocycles. The third-order valence-corrected chi connectivity index (χ3v) is 11.8. The van der Waals surface area contributed by atoms with Crippen LogP contribution >= 0.6 is 11.3 Å². The lowest BCUT2D eigenvalue weighted by Crippen LogP contribution is -2.11. The van der Waals surface area contributed by atoms with Crippen molar-refractivity contribution in [2.24, 2.45) is 0 Å². The van der Waals surface area contributed by atoms with Crippen LogP contribution in [0.15, 0.2) is 192 Å². The molecule has 3 heteroatoms. The van der Waals surface area contributed by atoms with E-state index in [1.807, 2.05) is 17.4 Å². The minimum absolute atomic E-state index is 0.885. The summed E-state index contributed by atoms with van der Waals surface area (Å²) < 4.78 is 8.88. The molecule has 11 aromatic rings. The van der Waals surface area contributed by atoms with Crippen molar-refractivity contribution in [2.75, 3.05) is 4.90 Å². The standard InChI is InChI=1S/C50H31NOS/c1-2-13-32(14-3-1)36-21-10-16-34-17-11-22-40(48(34)36)38-19-6-8-24-43(38)51(35-28-29-46-42(31-35)39-20-7-9-26-45(39)52-46)44-25-12-23-41-49-37-18-5-4-15-33(37)27-30-47(49)53-50(41)44/h1-31H. The van der Waals surface area contributed by atoms with Gasteiger partial charge in [0, 0.05) is 37.5 Å².